The van der Waals surface area contributed by atoms with E-state index in [1.165, 1.54) is 7.11 Å². The van der Waals surface area contributed by atoms with Crippen LogP contribution in [0, 0.1) is 5.92 Å². The Bertz CT molecular complexity index is 975. The molecule has 0 saturated carbocycles. The first-order valence-electron chi connectivity index (χ1n) is 9.94. The number of ketones is 2. The summed E-state index contributed by atoms with van der Waals surface area (Å²) in [5.74, 6) is -2.30. The zero-order valence-corrected chi connectivity index (χ0v) is 17.5. The summed E-state index contributed by atoms with van der Waals surface area (Å²) in [5.41, 5.74) is 1.52. The molecule has 31 heavy (non-hydrogen) atoms. The molecular weight excluding hydrogens is 392 g/mol. The van der Waals surface area contributed by atoms with Crippen molar-refractivity contribution >= 4 is 17.5 Å². The van der Waals surface area contributed by atoms with Gasteiger partial charge in [0.1, 0.15) is 5.75 Å². The number of Topliss-reactive ketones (excluding diaryl/α,β-unsaturated/α-hetero) is 2. The largest absolute Gasteiger partial charge is 0.497 e. The molecule has 0 aliphatic carbocycles. The molecule has 5 heteroatoms. The van der Waals surface area contributed by atoms with Crippen molar-refractivity contribution in [2.45, 2.75) is 12.3 Å². The van der Waals surface area contributed by atoms with E-state index < -0.39 is 17.8 Å². The molecule has 0 N–H and O–H groups in total. The third-order valence-electron chi connectivity index (χ3n) is 5.24. The van der Waals surface area contributed by atoms with Crippen LogP contribution in [-0.4, -0.2) is 31.8 Å². The van der Waals surface area contributed by atoms with Crippen LogP contribution in [0.1, 0.15) is 38.6 Å². The van der Waals surface area contributed by atoms with Gasteiger partial charge >= 0.3 is 5.97 Å². The average molecular weight is 416 g/mol. The van der Waals surface area contributed by atoms with Crippen LogP contribution in [0.2, 0.25) is 0 Å². The van der Waals surface area contributed by atoms with Crippen LogP contribution in [0.3, 0.4) is 0 Å². The molecule has 0 bridgehead atoms. The Morgan fingerprint density at radius 3 is 1.61 bits per heavy atom. The van der Waals surface area contributed by atoms with Gasteiger partial charge in [0.05, 0.1) is 26.6 Å². The maximum absolute atomic E-state index is 13.6. The molecule has 0 radical (unpaired) electrons. The summed E-state index contributed by atoms with van der Waals surface area (Å²) in [6, 6.07) is 24.4. The first-order chi connectivity index (χ1) is 15.0. The summed E-state index contributed by atoms with van der Waals surface area (Å²) < 4.78 is 10.1. The molecule has 1 unspecified atom stereocenters. The highest BCUT2D eigenvalue weighted by atomic mass is 16.5. The molecule has 5 nitrogen and oxygen atoms in total. The maximum atomic E-state index is 13.6. The minimum Gasteiger partial charge on any atom is -0.497 e. The van der Waals surface area contributed by atoms with Crippen LogP contribution in [0.4, 0.5) is 0 Å². The molecular formula is C26H24O5. The zero-order chi connectivity index (χ0) is 22.2. The molecule has 0 aromatic heterocycles. The molecule has 3 aromatic rings. The van der Waals surface area contributed by atoms with Crippen molar-refractivity contribution in [1.82, 2.24) is 0 Å². The lowest BCUT2D eigenvalue weighted by molar-refractivity contribution is -0.141. The summed E-state index contributed by atoms with van der Waals surface area (Å²) >= 11 is 0. The number of carbonyl (C=O) groups excluding carboxylic acids is 3. The number of esters is 1. The number of hydrogen-bond donors (Lipinski definition) is 0. The Morgan fingerprint density at radius 2 is 1.19 bits per heavy atom. The van der Waals surface area contributed by atoms with Crippen molar-refractivity contribution in [3.8, 4) is 5.75 Å². The van der Waals surface area contributed by atoms with Crippen molar-refractivity contribution in [2.24, 2.45) is 5.92 Å². The van der Waals surface area contributed by atoms with Crippen LogP contribution in [0.5, 0.6) is 5.75 Å². The predicted octanol–water partition coefficient (Wildman–Crippen LogP) is 4.72. The molecule has 0 amide bonds. The van der Waals surface area contributed by atoms with Gasteiger partial charge in [-0.15, -0.1) is 0 Å². The molecule has 3 rings (SSSR count). The minimum atomic E-state index is -1.09. The summed E-state index contributed by atoms with van der Waals surface area (Å²) in [7, 11) is 2.85. The van der Waals surface area contributed by atoms with Crippen LogP contribution in [-0.2, 0) is 9.53 Å². The third-order valence-corrected chi connectivity index (χ3v) is 5.24. The van der Waals surface area contributed by atoms with E-state index in [2.05, 4.69) is 0 Å². The smallest absolute Gasteiger partial charge is 0.306 e. The van der Waals surface area contributed by atoms with E-state index >= 15 is 0 Å². The van der Waals surface area contributed by atoms with Gasteiger partial charge in [0, 0.05) is 17.0 Å². The molecule has 0 aliphatic rings. The number of benzene rings is 3. The molecule has 0 heterocycles. The Hall–Kier alpha value is -3.73. The lowest BCUT2D eigenvalue weighted by Gasteiger charge is -2.25. The minimum absolute atomic E-state index is 0.107. The number of hydrogen-bond acceptors (Lipinski definition) is 5. The van der Waals surface area contributed by atoms with Crippen LogP contribution in [0.25, 0.3) is 0 Å². The quantitative estimate of drug-likeness (QED) is 0.287. The van der Waals surface area contributed by atoms with Gasteiger partial charge in [0.15, 0.2) is 11.6 Å². The van der Waals surface area contributed by atoms with E-state index in [1.54, 1.807) is 92.0 Å². The van der Waals surface area contributed by atoms with Gasteiger partial charge in [-0.1, -0.05) is 72.8 Å². The van der Waals surface area contributed by atoms with Crippen molar-refractivity contribution < 1.29 is 23.9 Å². The van der Waals surface area contributed by atoms with Gasteiger partial charge in [-0.3, -0.25) is 14.4 Å². The maximum Gasteiger partial charge on any atom is 0.306 e. The third kappa shape index (κ3) is 5.25. The van der Waals surface area contributed by atoms with E-state index in [-0.39, 0.29) is 18.0 Å². The Kier molecular flexibility index (Phi) is 7.33. The highest BCUT2D eigenvalue weighted by molar-refractivity contribution is 6.17. The van der Waals surface area contributed by atoms with Crippen LogP contribution >= 0.6 is 0 Å². The van der Waals surface area contributed by atoms with Gasteiger partial charge in [-0.05, 0) is 17.7 Å². The number of rotatable bonds is 9. The lowest BCUT2D eigenvalue weighted by Crippen LogP contribution is -2.32. The van der Waals surface area contributed by atoms with Crippen molar-refractivity contribution in [3.05, 3.63) is 102 Å². The molecule has 1 atom stereocenters. The number of methoxy groups -OCH3 is 2. The normalized spacial score (nSPS) is 11.6. The SMILES string of the molecule is COC(=O)CC(c1ccc(OC)cc1)C(C(=O)c1ccccc1)C(=O)c1ccccc1. The fourth-order valence-electron chi connectivity index (χ4n) is 3.59. The van der Waals surface area contributed by atoms with Gasteiger partial charge < -0.3 is 9.47 Å². The van der Waals surface area contributed by atoms with Crippen LogP contribution in [0.15, 0.2) is 84.9 Å². The van der Waals surface area contributed by atoms with Gasteiger partial charge in [0.25, 0.3) is 0 Å². The fraction of sp³-hybridized carbons (Fsp3) is 0.192. The Labute approximate surface area is 181 Å². The van der Waals surface area contributed by atoms with E-state index in [0.29, 0.717) is 22.4 Å². The highest BCUT2D eigenvalue weighted by Crippen LogP contribution is 2.34. The standard InChI is InChI=1S/C26H24O5/c1-30-21-15-13-18(14-16-21)22(17-23(27)31-2)24(25(28)19-9-5-3-6-10-19)26(29)20-11-7-4-8-12-20/h3-16,22,24H,17H2,1-2H3. The molecule has 0 spiro atoms. The van der Waals surface area contributed by atoms with E-state index in [9.17, 15) is 14.4 Å². The fourth-order valence-corrected chi connectivity index (χ4v) is 3.59. The molecule has 0 aliphatic heterocycles. The van der Waals surface area contributed by atoms with Gasteiger partial charge in [0.2, 0.25) is 0 Å². The average Bonchev–Trinajstić information content (AvgIpc) is 2.84. The molecule has 0 saturated heterocycles. The van der Waals surface area contributed by atoms with Crippen molar-refractivity contribution in [1.29, 1.82) is 0 Å². The van der Waals surface area contributed by atoms with Crippen molar-refractivity contribution in [3.63, 3.8) is 0 Å². The second kappa shape index (κ2) is 10.3. The topological polar surface area (TPSA) is 69.7 Å². The second-order valence-electron chi connectivity index (χ2n) is 7.10. The van der Waals surface area contributed by atoms with E-state index in [1.807, 2.05) is 0 Å². The van der Waals surface area contributed by atoms with Crippen molar-refractivity contribution in [2.75, 3.05) is 14.2 Å². The summed E-state index contributed by atoms with van der Waals surface area (Å²) in [6.45, 7) is 0. The lowest BCUT2D eigenvalue weighted by atomic mass is 9.75. The van der Waals surface area contributed by atoms with Gasteiger partial charge in [-0.25, -0.2) is 0 Å². The summed E-state index contributed by atoms with van der Waals surface area (Å²) in [4.78, 5) is 39.4. The number of carbonyl (C=O) groups is 3. The predicted molar refractivity (Wildman–Crippen MR) is 117 cm³/mol. The molecule has 0 fully saturated rings. The second-order valence-corrected chi connectivity index (χ2v) is 7.10. The van der Waals surface area contributed by atoms with Gasteiger partial charge in [-0.2, -0.15) is 0 Å². The number of ether oxygens (including phenoxy) is 2. The first kappa shape index (κ1) is 22.0. The summed E-state index contributed by atoms with van der Waals surface area (Å²) in [6.07, 6.45) is -0.107. The zero-order valence-electron chi connectivity index (χ0n) is 17.5. The van der Waals surface area contributed by atoms with Crippen LogP contribution < -0.4 is 4.74 Å². The van der Waals surface area contributed by atoms with E-state index in [4.69, 9.17) is 9.47 Å². The monoisotopic (exact) mass is 416 g/mol. The summed E-state index contributed by atoms with van der Waals surface area (Å²) in [5, 5.41) is 0. The molecule has 3 aromatic carbocycles. The van der Waals surface area contributed by atoms with E-state index in [0.717, 1.165) is 0 Å². The Balaban J connectivity index is 2.12. The highest BCUT2D eigenvalue weighted by Gasteiger charge is 2.38. The Morgan fingerprint density at radius 1 is 0.710 bits per heavy atom. The molecule has 158 valence electrons. The first-order valence-corrected chi connectivity index (χ1v) is 9.94.